The maximum absolute atomic E-state index is 12.7. The topological polar surface area (TPSA) is 26.8 Å². The molecule has 0 bridgehead atoms. The van der Waals surface area contributed by atoms with E-state index in [1.54, 1.807) is 0 Å². The highest BCUT2D eigenvalue weighted by Gasteiger charge is 2.28. The number of likely N-dealkylation sites (N-methyl/N-ethyl adjacent to an activating group) is 1. The van der Waals surface area contributed by atoms with Gasteiger partial charge in [0, 0.05) is 43.8 Å². The van der Waals surface area contributed by atoms with Crippen LogP contribution in [0.4, 0.5) is 4.79 Å². The van der Waals surface area contributed by atoms with E-state index in [1.165, 1.54) is 12.0 Å². The molecule has 2 aliphatic rings. The van der Waals surface area contributed by atoms with E-state index in [0.717, 1.165) is 76.4 Å². The summed E-state index contributed by atoms with van der Waals surface area (Å²) in [7, 11) is 0. The van der Waals surface area contributed by atoms with Crippen molar-refractivity contribution in [2.24, 2.45) is 5.92 Å². The Morgan fingerprint density at radius 2 is 1.82 bits per heavy atom. The van der Waals surface area contributed by atoms with Crippen LogP contribution in [0.1, 0.15) is 51.5 Å². The van der Waals surface area contributed by atoms with Crippen molar-refractivity contribution in [3.05, 3.63) is 34.9 Å². The van der Waals surface area contributed by atoms with Gasteiger partial charge in [-0.05, 0) is 75.6 Å². The fraction of sp³-hybridized carbons (Fsp3) is 0.696. The average molecular weight is 406 g/mol. The number of rotatable bonds is 6. The summed E-state index contributed by atoms with van der Waals surface area (Å²) in [6, 6.07) is 9.00. The summed E-state index contributed by atoms with van der Waals surface area (Å²) in [4.78, 5) is 19.5. The summed E-state index contributed by atoms with van der Waals surface area (Å²) in [6.07, 6.45) is 6.88. The first kappa shape index (κ1) is 21.4. The molecule has 1 aromatic carbocycles. The second kappa shape index (κ2) is 10.5. The minimum absolute atomic E-state index is 0.278. The second-order valence-electron chi connectivity index (χ2n) is 8.53. The van der Waals surface area contributed by atoms with E-state index in [9.17, 15) is 4.79 Å². The molecule has 0 radical (unpaired) electrons. The summed E-state index contributed by atoms with van der Waals surface area (Å²) in [5.74, 6) is 0.687. The van der Waals surface area contributed by atoms with Crippen molar-refractivity contribution >= 4 is 17.6 Å². The van der Waals surface area contributed by atoms with Gasteiger partial charge in [0.1, 0.15) is 0 Å². The van der Waals surface area contributed by atoms with Gasteiger partial charge in [0.15, 0.2) is 0 Å². The third-order valence-corrected chi connectivity index (χ3v) is 6.69. The van der Waals surface area contributed by atoms with Crippen molar-refractivity contribution in [3.8, 4) is 0 Å². The highest BCUT2D eigenvalue weighted by atomic mass is 35.5. The van der Waals surface area contributed by atoms with Gasteiger partial charge in [0.2, 0.25) is 0 Å². The number of hydrogen-bond acceptors (Lipinski definition) is 2. The lowest BCUT2D eigenvalue weighted by atomic mass is 9.95. The lowest BCUT2D eigenvalue weighted by Gasteiger charge is -2.39. The van der Waals surface area contributed by atoms with Crippen LogP contribution in [0.2, 0.25) is 5.02 Å². The molecule has 0 spiro atoms. The zero-order valence-electron chi connectivity index (χ0n) is 17.6. The molecule has 0 aliphatic carbocycles. The monoisotopic (exact) mass is 405 g/mol. The fourth-order valence-electron chi connectivity index (χ4n) is 4.68. The predicted octanol–water partition coefficient (Wildman–Crippen LogP) is 4.91. The predicted molar refractivity (Wildman–Crippen MR) is 117 cm³/mol. The molecule has 1 atom stereocenters. The number of nitrogens with zero attached hydrogens (tertiary/aromatic N) is 3. The lowest BCUT2D eigenvalue weighted by molar-refractivity contribution is 0.108. The quantitative estimate of drug-likeness (QED) is 0.672. The number of benzene rings is 1. The molecule has 28 heavy (non-hydrogen) atoms. The van der Waals surface area contributed by atoms with Gasteiger partial charge in [-0.2, -0.15) is 0 Å². The number of likely N-dealkylation sites (tertiary alicyclic amines) is 2. The SMILES string of the molecule is CCN(CC1CCN(C(=O)N2CCCCC2)CC1)C(C)Cc1cccc(Cl)c1. The number of carbonyl (C=O) groups is 1. The van der Waals surface area contributed by atoms with Gasteiger partial charge in [-0.15, -0.1) is 0 Å². The van der Waals surface area contributed by atoms with Gasteiger partial charge in [-0.25, -0.2) is 4.79 Å². The van der Waals surface area contributed by atoms with Crippen LogP contribution in [0, 0.1) is 5.92 Å². The van der Waals surface area contributed by atoms with E-state index in [0.29, 0.717) is 12.0 Å². The van der Waals surface area contributed by atoms with Crippen LogP contribution in [-0.2, 0) is 6.42 Å². The van der Waals surface area contributed by atoms with E-state index >= 15 is 0 Å². The van der Waals surface area contributed by atoms with Crippen molar-refractivity contribution in [2.45, 2.75) is 58.4 Å². The van der Waals surface area contributed by atoms with Crippen LogP contribution in [0.5, 0.6) is 0 Å². The first-order valence-electron chi connectivity index (χ1n) is 11.1. The molecule has 0 N–H and O–H groups in total. The van der Waals surface area contributed by atoms with Gasteiger partial charge in [0.25, 0.3) is 0 Å². The Kier molecular flexibility index (Phi) is 8.04. The number of hydrogen-bond donors (Lipinski definition) is 0. The number of carbonyl (C=O) groups excluding carboxylic acids is 1. The van der Waals surface area contributed by atoms with Gasteiger partial charge >= 0.3 is 6.03 Å². The Morgan fingerprint density at radius 1 is 1.14 bits per heavy atom. The molecular formula is C23H36ClN3O. The van der Waals surface area contributed by atoms with E-state index in [1.807, 2.05) is 12.1 Å². The highest BCUT2D eigenvalue weighted by Crippen LogP contribution is 2.22. The van der Waals surface area contributed by atoms with E-state index in [-0.39, 0.29) is 6.03 Å². The van der Waals surface area contributed by atoms with Gasteiger partial charge in [-0.1, -0.05) is 30.7 Å². The lowest BCUT2D eigenvalue weighted by Crippen LogP contribution is -2.49. The zero-order chi connectivity index (χ0) is 19.9. The summed E-state index contributed by atoms with van der Waals surface area (Å²) >= 11 is 6.14. The summed E-state index contributed by atoms with van der Waals surface area (Å²) in [5, 5.41) is 0.818. The molecule has 1 unspecified atom stereocenters. The van der Waals surface area contributed by atoms with Gasteiger partial charge in [0.05, 0.1) is 0 Å². The molecule has 3 rings (SSSR count). The summed E-state index contributed by atoms with van der Waals surface area (Å²) in [5.41, 5.74) is 1.31. The smallest absolute Gasteiger partial charge is 0.319 e. The molecule has 0 saturated carbocycles. The third-order valence-electron chi connectivity index (χ3n) is 6.45. The highest BCUT2D eigenvalue weighted by molar-refractivity contribution is 6.30. The minimum Gasteiger partial charge on any atom is -0.325 e. The molecular weight excluding hydrogens is 370 g/mol. The van der Waals surface area contributed by atoms with Gasteiger partial charge in [-0.3, -0.25) is 0 Å². The molecule has 1 aromatic rings. The van der Waals surface area contributed by atoms with Crippen LogP contribution < -0.4 is 0 Å². The Bertz CT molecular complexity index is 624. The van der Waals surface area contributed by atoms with E-state index in [2.05, 4.69) is 40.7 Å². The number of piperidine rings is 2. The number of urea groups is 1. The van der Waals surface area contributed by atoms with Crippen LogP contribution in [0.15, 0.2) is 24.3 Å². The van der Waals surface area contributed by atoms with Crippen molar-refractivity contribution in [3.63, 3.8) is 0 Å². The van der Waals surface area contributed by atoms with Gasteiger partial charge < -0.3 is 14.7 Å². The molecule has 2 heterocycles. The second-order valence-corrected chi connectivity index (χ2v) is 8.97. The van der Waals surface area contributed by atoms with Crippen molar-refractivity contribution in [1.29, 1.82) is 0 Å². The van der Waals surface area contributed by atoms with Crippen molar-refractivity contribution < 1.29 is 4.79 Å². The van der Waals surface area contributed by atoms with Crippen LogP contribution in [0.3, 0.4) is 0 Å². The maximum Gasteiger partial charge on any atom is 0.319 e. The fourth-order valence-corrected chi connectivity index (χ4v) is 4.89. The molecule has 4 nitrogen and oxygen atoms in total. The number of halogens is 1. The first-order valence-corrected chi connectivity index (χ1v) is 11.5. The summed E-state index contributed by atoms with van der Waals surface area (Å²) < 4.78 is 0. The molecule has 0 aromatic heterocycles. The Hall–Kier alpha value is -1.26. The van der Waals surface area contributed by atoms with Crippen LogP contribution in [0.25, 0.3) is 0 Å². The van der Waals surface area contributed by atoms with Crippen LogP contribution >= 0.6 is 11.6 Å². The normalized spacial score (nSPS) is 19.9. The minimum atomic E-state index is 0.278. The van der Waals surface area contributed by atoms with Crippen molar-refractivity contribution in [1.82, 2.24) is 14.7 Å². The molecule has 2 fully saturated rings. The van der Waals surface area contributed by atoms with Crippen molar-refractivity contribution in [2.75, 3.05) is 39.3 Å². The zero-order valence-corrected chi connectivity index (χ0v) is 18.3. The van der Waals surface area contributed by atoms with E-state index in [4.69, 9.17) is 11.6 Å². The Morgan fingerprint density at radius 3 is 2.46 bits per heavy atom. The molecule has 2 saturated heterocycles. The average Bonchev–Trinajstić information content (AvgIpc) is 2.72. The number of amides is 2. The Labute approximate surface area is 175 Å². The standard InChI is InChI=1S/C23H36ClN3O/c1-3-25(19(2)16-21-8-7-9-22(24)17-21)18-20-10-14-27(15-11-20)23(28)26-12-5-4-6-13-26/h7-9,17,19-20H,3-6,10-16,18H2,1-2H3. The molecule has 156 valence electrons. The Balaban J connectivity index is 1.46. The first-order chi connectivity index (χ1) is 13.6. The largest absolute Gasteiger partial charge is 0.325 e. The molecule has 2 aliphatic heterocycles. The third kappa shape index (κ3) is 5.87. The van der Waals surface area contributed by atoms with Crippen LogP contribution in [-0.4, -0.2) is 66.0 Å². The molecule has 5 heteroatoms. The van der Waals surface area contributed by atoms with E-state index < -0.39 is 0 Å². The maximum atomic E-state index is 12.7. The summed E-state index contributed by atoms with van der Waals surface area (Å²) in [6.45, 7) is 10.5. The molecule has 2 amide bonds.